The lowest BCUT2D eigenvalue weighted by atomic mass is 10.0. The number of carbonyl (C=O) groups is 1. The SMILES string of the molecule is CN(C)NCc1ccc(-c2ccc3c(=O)n(CC[C@](C)(C(=O)NO)S(C)(=O)=O)ccc3c2)cc1. The standard InChI is InChI=1S/C24H30N4O5S/c1-24(23(30)26-31,34(4,32)33)12-14-28-13-11-20-15-19(9-10-21(20)22(28)29)18-7-5-17(6-8-18)16-25-27(2)3/h5-11,13,15,25,31H,12,14,16H2,1-4H3,(H,26,30)/t24-/m1/s1. The van der Waals surface area contributed by atoms with Crippen molar-refractivity contribution in [3.63, 3.8) is 0 Å². The normalized spacial score (nSPS) is 13.7. The lowest BCUT2D eigenvalue weighted by molar-refractivity contribution is -0.131. The number of amides is 1. The molecule has 0 saturated heterocycles. The highest BCUT2D eigenvalue weighted by molar-refractivity contribution is 7.92. The smallest absolute Gasteiger partial charge is 0.264 e. The van der Waals surface area contributed by atoms with E-state index in [0.717, 1.165) is 34.9 Å². The van der Waals surface area contributed by atoms with Gasteiger partial charge in [-0.25, -0.2) is 13.9 Å². The van der Waals surface area contributed by atoms with Crippen molar-refractivity contribution in [3.05, 3.63) is 70.6 Å². The fraction of sp³-hybridized carbons (Fsp3) is 0.333. The molecule has 182 valence electrons. The van der Waals surface area contributed by atoms with E-state index in [2.05, 4.69) is 17.6 Å². The molecule has 1 heterocycles. The Labute approximate surface area is 198 Å². The van der Waals surface area contributed by atoms with Gasteiger partial charge in [0.05, 0.1) is 0 Å². The molecule has 9 nitrogen and oxygen atoms in total. The molecule has 1 atom stereocenters. The second-order valence-electron chi connectivity index (χ2n) is 8.74. The maximum atomic E-state index is 13.0. The zero-order valence-electron chi connectivity index (χ0n) is 19.7. The first-order chi connectivity index (χ1) is 16.0. The zero-order valence-corrected chi connectivity index (χ0v) is 20.5. The summed E-state index contributed by atoms with van der Waals surface area (Å²) in [5.41, 5.74) is 7.51. The van der Waals surface area contributed by atoms with Crippen LogP contribution >= 0.6 is 0 Å². The van der Waals surface area contributed by atoms with E-state index >= 15 is 0 Å². The summed E-state index contributed by atoms with van der Waals surface area (Å²) in [5, 5.41) is 12.1. The lowest BCUT2D eigenvalue weighted by Gasteiger charge is -2.25. The number of hydrogen-bond acceptors (Lipinski definition) is 7. The summed E-state index contributed by atoms with van der Waals surface area (Å²) in [7, 11) is 0.0337. The molecule has 0 bridgehead atoms. The van der Waals surface area contributed by atoms with E-state index in [0.29, 0.717) is 5.39 Å². The predicted octanol–water partition coefficient (Wildman–Crippen LogP) is 1.93. The van der Waals surface area contributed by atoms with Gasteiger partial charge in [-0.15, -0.1) is 0 Å². The average molecular weight is 487 g/mol. The van der Waals surface area contributed by atoms with Gasteiger partial charge in [0.2, 0.25) is 0 Å². The van der Waals surface area contributed by atoms with Crippen molar-refractivity contribution in [1.29, 1.82) is 0 Å². The van der Waals surface area contributed by atoms with Crippen LogP contribution in [0.2, 0.25) is 0 Å². The van der Waals surface area contributed by atoms with Gasteiger partial charge in [0.25, 0.3) is 11.5 Å². The second kappa shape index (κ2) is 10.1. The van der Waals surface area contributed by atoms with E-state index in [1.165, 1.54) is 17.0 Å². The molecule has 0 spiro atoms. The molecule has 10 heteroatoms. The van der Waals surface area contributed by atoms with Crippen molar-refractivity contribution >= 4 is 26.5 Å². The number of aryl methyl sites for hydroxylation is 1. The van der Waals surface area contributed by atoms with Gasteiger partial charge in [-0.2, -0.15) is 0 Å². The molecule has 0 saturated carbocycles. The first-order valence-corrected chi connectivity index (χ1v) is 12.6. The summed E-state index contributed by atoms with van der Waals surface area (Å²) in [6, 6.07) is 15.5. The van der Waals surface area contributed by atoms with Crippen LogP contribution in [-0.2, 0) is 27.7 Å². The van der Waals surface area contributed by atoms with E-state index in [1.54, 1.807) is 18.3 Å². The largest absolute Gasteiger partial charge is 0.315 e. The minimum atomic E-state index is -3.84. The Hall–Kier alpha value is -3.05. The molecule has 2 aromatic carbocycles. The minimum Gasteiger partial charge on any atom is -0.315 e. The highest BCUT2D eigenvalue weighted by atomic mass is 32.2. The number of hydrogen-bond donors (Lipinski definition) is 3. The first-order valence-electron chi connectivity index (χ1n) is 10.7. The van der Waals surface area contributed by atoms with E-state index in [4.69, 9.17) is 5.21 Å². The number of benzene rings is 2. The topological polar surface area (TPSA) is 121 Å². The Balaban J connectivity index is 1.85. The van der Waals surface area contributed by atoms with Crippen molar-refractivity contribution in [2.45, 2.75) is 31.2 Å². The average Bonchev–Trinajstić information content (AvgIpc) is 2.81. The third-order valence-electron chi connectivity index (χ3n) is 6.09. The molecule has 1 amide bonds. The van der Waals surface area contributed by atoms with Crippen LogP contribution in [0.1, 0.15) is 18.9 Å². The number of hydroxylamine groups is 1. The molecule has 0 aliphatic heterocycles. The molecule has 0 radical (unpaired) electrons. The van der Waals surface area contributed by atoms with Gasteiger partial charge in [0, 0.05) is 45.0 Å². The summed E-state index contributed by atoms with van der Waals surface area (Å²) < 4.78 is 23.8. The maximum absolute atomic E-state index is 13.0. The van der Waals surface area contributed by atoms with Gasteiger partial charge in [-0.05, 0) is 53.6 Å². The number of rotatable bonds is 9. The van der Waals surface area contributed by atoms with Crippen molar-refractivity contribution in [2.24, 2.45) is 0 Å². The highest BCUT2D eigenvalue weighted by Gasteiger charge is 2.43. The van der Waals surface area contributed by atoms with Gasteiger partial charge in [-0.3, -0.25) is 25.2 Å². The molecule has 3 rings (SSSR count). The molecular weight excluding hydrogens is 456 g/mol. The summed E-state index contributed by atoms with van der Waals surface area (Å²) in [5.74, 6) is -1.03. The minimum absolute atomic E-state index is 0.00401. The van der Waals surface area contributed by atoms with Gasteiger partial charge in [0.15, 0.2) is 14.6 Å². The number of aromatic nitrogens is 1. The first kappa shape index (κ1) is 25.6. The zero-order chi connectivity index (χ0) is 25.1. The lowest BCUT2D eigenvalue weighted by Crippen LogP contribution is -2.49. The fourth-order valence-electron chi connectivity index (χ4n) is 3.63. The van der Waals surface area contributed by atoms with Crippen LogP contribution < -0.4 is 16.5 Å². The number of nitrogens with one attached hydrogen (secondary N) is 2. The summed E-state index contributed by atoms with van der Waals surface area (Å²) in [6.07, 6.45) is 2.35. The van der Waals surface area contributed by atoms with E-state index in [1.807, 2.05) is 43.4 Å². The van der Waals surface area contributed by atoms with E-state index in [-0.39, 0.29) is 18.5 Å². The molecule has 0 unspecified atom stereocenters. The summed E-state index contributed by atoms with van der Waals surface area (Å²) in [6.45, 7) is 1.95. The molecule has 0 aliphatic rings. The van der Waals surface area contributed by atoms with Crippen molar-refractivity contribution in [3.8, 4) is 11.1 Å². The number of sulfone groups is 1. The van der Waals surface area contributed by atoms with Gasteiger partial charge < -0.3 is 4.57 Å². The molecule has 1 aromatic heterocycles. The molecule has 3 N–H and O–H groups in total. The third-order valence-corrected chi connectivity index (χ3v) is 8.12. The Morgan fingerprint density at radius 1 is 1.09 bits per heavy atom. The third kappa shape index (κ3) is 5.36. The van der Waals surface area contributed by atoms with Crippen LogP contribution in [0.15, 0.2) is 59.5 Å². The number of carbonyl (C=O) groups excluding carboxylic acids is 1. The highest BCUT2D eigenvalue weighted by Crippen LogP contribution is 2.25. The van der Waals surface area contributed by atoms with Crippen molar-refractivity contribution < 1.29 is 18.4 Å². The van der Waals surface area contributed by atoms with Crippen LogP contribution in [0, 0.1) is 0 Å². The van der Waals surface area contributed by atoms with E-state index < -0.39 is 20.5 Å². The molecule has 34 heavy (non-hydrogen) atoms. The number of pyridine rings is 1. The van der Waals surface area contributed by atoms with Crippen LogP contribution in [-0.4, -0.2) is 54.2 Å². The Morgan fingerprint density at radius 2 is 1.74 bits per heavy atom. The molecule has 0 aliphatic carbocycles. The van der Waals surface area contributed by atoms with Gasteiger partial charge in [-0.1, -0.05) is 30.3 Å². The number of fused-ring (bicyclic) bond motifs is 1. The number of nitrogens with zero attached hydrogens (tertiary/aromatic N) is 2. The van der Waals surface area contributed by atoms with Gasteiger partial charge in [0.1, 0.15) is 0 Å². The molecule has 3 aromatic rings. The van der Waals surface area contributed by atoms with Crippen LogP contribution in [0.3, 0.4) is 0 Å². The Bertz CT molecular complexity index is 1350. The van der Waals surface area contributed by atoms with Crippen molar-refractivity contribution in [1.82, 2.24) is 20.5 Å². The van der Waals surface area contributed by atoms with Crippen LogP contribution in [0.25, 0.3) is 21.9 Å². The van der Waals surface area contributed by atoms with Crippen LogP contribution in [0.5, 0.6) is 0 Å². The number of hydrazine groups is 1. The second-order valence-corrected chi connectivity index (χ2v) is 11.2. The summed E-state index contributed by atoms with van der Waals surface area (Å²) >= 11 is 0. The fourth-order valence-corrected chi connectivity index (χ4v) is 4.47. The molecule has 0 fully saturated rings. The van der Waals surface area contributed by atoms with E-state index in [9.17, 15) is 18.0 Å². The summed E-state index contributed by atoms with van der Waals surface area (Å²) in [4.78, 5) is 25.0. The quantitative estimate of drug-likeness (QED) is 0.312. The maximum Gasteiger partial charge on any atom is 0.264 e. The Kier molecular flexibility index (Phi) is 7.57. The van der Waals surface area contributed by atoms with Crippen molar-refractivity contribution in [2.75, 3.05) is 20.4 Å². The Morgan fingerprint density at radius 3 is 2.32 bits per heavy atom. The van der Waals surface area contributed by atoms with Gasteiger partial charge >= 0.3 is 0 Å². The monoisotopic (exact) mass is 486 g/mol. The molecular formula is C24H30N4O5S. The van der Waals surface area contributed by atoms with Crippen LogP contribution in [0.4, 0.5) is 0 Å². The predicted molar refractivity (Wildman–Crippen MR) is 132 cm³/mol.